The molecule has 0 heterocycles. The lowest BCUT2D eigenvalue weighted by Crippen LogP contribution is -2.38. The fraction of sp³-hybridized carbons (Fsp3) is 0.538. The molecule has 0 fully saturated rings. The lowest BCUT2D eigenvalue weighted by atomic mass is 9.92. The lowest BCUT2D eigenvalue weighted by molar-refractivity contribution is -0.0298. The Balaban J connectivity index is 3.00. The van der Waals surface area contributed by atoms with E-state index in [1.54, 1.807) is 13.2 Å². The molecular formula is C13H20ClNO2. The lowest BCUT2D eigenvalue weighted by Gasteiger charge is -2.31. The second-order valence-electron chi connectivity index (χ2n) is 4.41. The zero-order valence-electron chi connectivity index (χ0n) is 10.8. The third-order valence-corrected chi connectivity index (χ3v) is 3.11. The van der Waals surface area contributed by atoms with Crippen molar-refractivity contribution in [3.8, 4) is 5.75 Å². The molecule has 1 aromatic rings. The SMILES string of the molecule is CCOC(C)(C)C(N)c1ccc(Cl)c(OC)c1. The van der Waals surface area contributed by atoms with E-state index < -0.39 is 5.60 Å². The molecule has 0 aliphatic rings. The molecule has 1 aromatic carbocycles. The third-order valence-electron chi connectivity index (χ3n) is 2.80. The molecule has 96 valence electrons. The van der Waals surface area contributed by atoms with Crippen LogP contribution in [0.4, 0.5) is 0 Å². The fourth-order valence-electron chi connectivity index (χ4n) is 1.73. The monoisotopic (exact) mass is 257 g/mol. The minimum Gasteiger partial charge on any atom is -0.495 e. The van der Waals surface area contributed by atoms with Gasteiger partial charge in [-0.25, -0.2) is 0 Å². The maximum absolute atomic E-state index is 6.21. The Bertz CT molecular complexity index is 380. The van der Waals surface area contributed by atoms with Gasteiger partial charge in [0.2, 0.25) is 0 Å². The average molecular weight is 258 g/mol. The van der Waals surface area contributed by atoms with Crippen LogP contribution in [0.25, 0.3) is 0 Å². The Morgan fingerprint density at radius 3 is 2.59 bits per heavy atom. The van der Waals surface area contributed by atoms with E-state index in [4.69, 9.17) is 26.8 Å². The average Bonchev–Trinajstić information content (AvgIpc) is 2.28. The minimum absolute atomic E-state index is 0.228. The Hall–Kier alpha value is -0.770. The molecule has 0 bridgehead atoms. The molecule has 0 amide bonds. The van der Waals surface area contributed by atoms with E-state index in [9.17, 15) is 0 Å². The van der Waals surface area contributed by atoms with Crippen LogP contribution in [0, 0.1) is 0 Å². The highest BCUT2D eigenvalue weighted by Gasteiger charge is 2.28. The summed E-state index contributed by atoms with van der Waals surface area (Å²) in [6.07, 6.45) is 0. The van der Waals surface area contributed by atoms with Crippen LogP contribution in [0.3, 0.4) is 0 Å². The number of methoxy groups -OCH3 is 1. The quantitative estimate of drug-likeness (QED) is 0.881. The molecule has 0 aliphatic heterocycles. The predicted molar refractivity (Wildman–Crippen MR) is 70.6 cm³/mol. The molecule has 1 rings (SSSR count). The third kappa shape index (κ3) is 3.35. The molecule has 3 nitrogen and oxygen atoms in total. The maximum atomic E-state index is 6.21. The summed E-state index contributed by atoms with van der Waals surface area (Å²) < 4.78 is 10.8. The van der Waals surface area contributed by atoms with Crippen LogP contribution in [-0.4, -0.2) is 19.3 Å². The van der Waals surface area contributed by atoms with Crippen molar-refractivity contribution in [2.24, 2.45) is 5.73 Å². The topological polar surface area (TPSA) is 44.5 Å². The Kier molecular flexibility index (Phi) is 4.80. The summed E-state index contributed by atoms with van der Waals surface area (Å²) in [7, 11) is 1.59. The van der Waals surface area contributed by atoms with E-state index in [-0.39, 0.29) is 6.04 Å². The summed E-state index contributed by atoms with van der Waals surface area (Å²) >= 11 is 5.98. The van der Waals surface area contributed by atoms with Gasteiger partial charge in [-0.1, -0.05) is 17.7 Å². The van der Waals surface area contributed by atoms with E-state index in [0.717, 1.165) is 5.56 Å². The van der Waals surface area contributed by atoms with Crippen molar-refractivity contribution in [1.82, 2.24) is 0 Å². The molecule has 0 saturated heterocycles. The summed E-state index contributed by atoms with van der Waals surface area (Å²) in [6.45, 7) is 6.53. The second-order valence-corrected chi connectivity index (χ2v) is 4.82. The first-order valence-corrected chi connectivity index (χ1v) is 6.03. The number of benzene rings is 1. The molecule has 17 heavy (non-hydrogen) atoms. The predicted octanol–water partition coefficient (Wildman–Crippen LogP) is 3.16. The molecule has 1 atom stereocenters. The molecule has 0 radical (unpaired) electrons. The van der Waals surface area contributed by atoms with Crippen LogP contribution in [0.2, 0.25) is 5.02 Å². The van der Waals surface area contributed by atoms with Crippen molar-refractivity contribution >= 4 is 11.6 Å². The molecule has 0 saturated carbocycles. The first-order valence-electron chi connectivity index (χ1n) is 5.65. The summed E-state index contributed by atoms with van der Waals surface area (Å²) in [6, 6.07) is 5.32. The van der Waals surface area contributed by atoms with Gasteiger partial charge in [-0.3, -0.25) is 0 Å². The molecule has 0 spiro atoms. The van der Waals surface area contributed by atoms with Crippen molar-refractivity contribution in [3.63, 3.8) is 0 Å². The van der Waals surface area contributed by atoms with Gasteiger partial charge in [0.15, 0.2) is 0 Å². The highest BCUT2D eigenvalue weighted by atomic mass is 35.5. The number of nitrogens with two attached hydrogens (primary N) is 1. The molecule has 4 heteroatoms. The largest absolute Gasteiger partial charge is 0.495 e. The van der Waals surface area contributed by atoms with E-state index in [1.807, 2.05) is 32.9 Å². The van der Waals surface area contributed by atoms with Gasteiger partial charge in [0.05, 0.1) is 23.8 Å². The number of halogens is 1. The second kappa shape index (κ2) is 5.71. The fourth-order valence-corrected chi connectivity index (χ4v) is 1.93. The smallest absolute Gasteiger partial charge is 0.137 e. The Morgan fingerprint density at radius 1 is 1.41 bits per heavy atom. The van der Waals surface area contributed by atoms with Crippen molar-refractivity contribution in [2.75, 3.05) is 13.7 Å². The summed E-state index contributed by atoms with van der Waals surface area (Å²) in [5, 5.41) is 0.581. The van der Waals surface area contributed by atoms with Crippen molar-refractivity contribution in [2.45, 2.75) is 32.4 Å². The van der Waals surface area contributed by atoms with Crippen LogP contribution in [0.5, 0.6) is 5.75 Å². The number of hydrogen-bond acceptors (Lipinski definition) is 3. The van der Waals surface area contributed by atoms with Crippen LogP contribution in [0.15, 0.2) is 18.2 Å². The van der Waals surface area contributed by atoms with Gasteiger partial charge in [-0.15, -0.1) is 0 Å². The van der Waals surface area contributed by atoms with Crippen molar-refractivity contribution < 1.29 is 9.47 Å². The first kappa shape index (κ1) is 14.3. The van der Waals surface area contributed by atoms with E-state index in [1.165, 1.54) is 0 Å². The highest BCUT2D eigenvalue weighted by molar-refractivity contribution is 6.32. The Morgan fingerprint density at radius 2 is 2.06 bits per heavy atom. The minimum atomic E-state index is -0.423. The Labute approximate surface area is 108 Å². The normalized spacial score (nSPS) is 13.5. The zero-order valence-corrected chi connectivity index (χ0v) is 11.5. The van der Waals surface area contributed by atoms with E-state index in [0.29, 0.717) is 17.4 Å². The van der Waals surface area contributed by atoms with Crippen LogP contribution >= 0.6 is 11.6 Å². The number of hydrogen-bond donors (Lipinski definition) is 1. The van der Waals surface area contributed by atoms with Crippen molar-refractivity contribution in [3.05, 3.63) is 28.8 Å². The standard InChI is InChI=1S/C13H20ClNO2/c1-5-17-13(2,3)12(15)9-6-7-10(14)11(8-9)16-4/h6-8,12H,5,15H2,1-4H3. The first-order chi connectivity index (χ1) is 7.92. The molecule has 0 aliphatic carbocycles. The summed E-state index contributed by atoms with van der Waals surface area (Å²) in [5.74, 6) is 0.631. The maximum Gasteiger partial charge on any atom is 0.137 e. The van der Waals surface area contributed by atoms with Crippen LogP contribution in [-0.2, 0) is 4.74 Å². The number of ether oxygens (including phenoxy) is 2. The van der Waals surface area contributed by atoms with Gasteiger partial charge < -0.3 is 15.2 Å². The van der Waals surface area contributed by atoms with E-state index >= 15 is 0 Å². The number of rotatable bonds is 5. The van der Waals surface area contributed by atoms with Gasteiger partial charge >= 0.3 is 0 Å². The van der Waals surface area contributed by atoms with Gasteiger partial charge in [0.1, 0.15) is 5.75 Å². The van der Waals surface area contributed by atoms with Gasteiger partial charge in [-0.2, -0.15) is 0 Å². The zero-order chi connectivity index (χ0) is 13.1. The van der Waals surface area contributed by atoms with Crippen LogP contribution in [0.1, 0.15) is 32.4 Å². The summed E-state index contributed by atoms with van der Waals surface area (Å²) in [4.78, 5) is 0. The van der Waals surface area contributed by atoms with Gasteiger partial charge in [0.25, 0.3) is 0 Å². The van der Waals surface area contributed by atoms with Crippen molar-refractivity contribution in [1.29, 1.82) is 0 Å². The molecule has 1 unspecified atom stereocenters. The van der Waals surface area contributed by atoms with Gasteiger partial charge in [0, 0.05) is 6.61 Å². The van der Waals surface area contributed by atoms with Gasteiger partial charge in [-0.05, 0) is 38.5 Å². The summed E-state index contributed by atoms with van der Waals surface area (Å²) in [5.41, 5.74) is 6.73. The van der Waals surface area contributed by atoms with E-state index in [2.05, 4.69) is 0 Å². The highest BCUT2D eigenvalue weighted by Crippen LogP contribution is 2.32. The molecular weight excluding hydrogens is 238 g/mol. The molecule has 0 aromatic heterocycles. The molecule has 2 N–H and O–H groups in total. The van der Waals surface area contributed by atoms with Crippen LogP contribution < -0.4 is 10.5 Å².